The first-order valence-corrected chi connectivity index (χ1v) is 13.3. The van der Waals surface area contributed by atoms with E-state index in [1.807, 2.05) is 58.0 Å². The fraction of sp³-hybridized carbons (Fsp3) is 0.440. The van der Waals surface area contributed by atoms with Gasteiger partial charge in [0.15, 0.2) is 0 Å². The van der Waals surface area contributed by atoms with Crippen LogP contribution in [0.25, 0.3) is 0 Å². The van der Waals surface area contributed by atoms with E-state index in [1.54, 1.807) is 7.11 Å². The Kier molecular flexibility index (Phi) is 11.5. The van der Waals surface area contributed by atoms with Crippen LogP contribution in [0, 0.1) is 27.7 Å². The van der Waals surface area contributed by atoms with Crippen molar-refractivity contribution in [2.24, 2.45) is 0 Å². The number of carbonyl (C=O) groups is 2. The second-order valence-corrected chi connectivity index (χ2v) is 12.9. The third-order valence-corrected chi connectivity index (χ3v) is 10.7. The minimum absolute atomic E-state index is 0. The minimum atomic E-state index is -1.77. The second kappa shape index (κ2) is 12.8. The normalized spacial score (nSPS) is 10.8. The molecule has 0 saturated heterocycles. The molecule has 2 aromatic rings. The van der Waals surface area contributed by atoms with Crippen molar-refractivity contribution in [3.8, 4) is 5.75 Å². The van der Waals surface area contributed by atoms with Crippen molar-refractivity contribution in [2.45, 2.75) is 41.5 Å². The van der Waals surface area contributed by atoms with Gasteiger partial charge in [-0.15, -0.1) is 0 Å². The average molecular weight is 532 g/mol. The van der Waals surface area contributed by atoms with Crippen molar-refractivity contribution < 1.29 is 47.0 Å². The van der Waals surface area contributed by atoms with Gasteiger partial charge in [0.2, 0.25) is 0 Å². The summed E-state index contributed by atoms with van der Waals surface area (Å²) in [4.78, 5) is 25.9. The number of amides is 2. The molecule has 0 saturated carbocycles. The fourth-order valence-electron chi connectivity index (χ4n) is 3.94. The van der Waals surface area contributed by atoms with E-state index >= 15 is 0 Å². The molecule has 7 heteroatoms. The van der Waals surface area contributed by atoms with Gasteiger partial charge in [-0.2, -0.15) is 0 Å². The first-order valence-electron chi connectivity index (χ1n) is 10.8. The summed E-state index contributed by atoms with van der Waals surface area (Å²) in [5.41, 5.74) is 5.74. The van der Waals surface area contributed by atoms with Crippen molar-refractivity contribution in [1.82, 2.24) is 0 Å². The molecule has 0 aliphatic rings. The van der Waals surface area contributed by atoms with E-state index in [0.717, 1.165) is 51.7 Å². The molecule has 0 heterocycles. The molecule has 32 heavy (non-hydrogen) atoms. The summed E-state index contributed by atoms with van der Waals surface area (Å²) in [6.07, 6.45) is 2.54. The molecule has 0 atom stereocenters. The van der Waals surface area contributed by atoms with Crippen LogP contribution in [0.1, 0.15) is 36.1 Å². The van der Waals surface area contributed by atoms with E-state index in [-0.39, 0.29) is 44.5 Å². The number of hydrogen-bond donors (Lipinski definition) is 2. The number of anilines is 2. The zero-order valence-electron chi connectivity index (χ0n) is 20.5. The van der Waals surface area contributed by atoms with Crippen LogP contribution < -0.4 is 15.4 Å². The summed E-state index contributed by atoms with van der Waals surface area (Å²) in [6.45, 7) is 12.1. The first kappa shape index (κ1) is 28.7. The van der Waals surface area contributed by atoms with Gasteiger partial charge in [0, 0.05) is 51.3 Å². The molecule has 0 aliphatic heterocycles. The molecule has 2 N–H and O–H groups in total. The number of carbonyl (C=O) groups excluding carboxylic acids is 2. The van der Waals surface area contributed by atoms with Gasteiger partial charge in [0.25, 0.3) is 11.8 Å². The van der Waals surface area contributed by atoms with Crippen molar-refractivity contribution in [3.63, 3.8) is 0 Å². The van der Waals surface area contributed by atoms with Crippen LogP contribution in [0.2, 0.25) is 0 Å². The van der Waals surface area contributed by atoms with Crippen LogP contribution in [0.5, 0.6) is 5.75 Å². The number of aryl methyl sites for hydroxylation is 4. The Morgan fingerprint density at radius 3 is 1.59 bits per heavy atom. The Labute approximate surface area is 218 Å². The van der Waals surface area contributed by atoms with Crippen LogP contribution >= 0.6 is 7.26 Å². The summed E-state index contributed by atoms with van der Waals surface area (Å²) >= 11 is 0. The van der Waals surface area contributed by atoms with E-state index in [1.165, 1.54) is 0 Å². The summed E-state index contributed by atoms with van der Waals surface area (Å²) in [5.74, 6) is 0.757. The SMILES string of the molecule is CC[P+](CC)(CC(=O)Nc1c(C)cccc1C)CC(=O)Nc1c(C)cc(OC)cc1C.[Y]. The predicted octanol–water partition coefficient (Wildman–Crippen LogP) is 5.56. The zero-order valence-corrected chi connectivity index (χ0v) is 24.2. The Morgan fingerprint density at radius 2 is 1.22 bits per heavy atom. The topological polar surface area (TPSA) is 67.4 Å². The van der Waals surface area contributed by atoms with E-state index in [2.05, 4.69) is 24.5 Å². The second-order valence-electron chi connectivity index (χ2n) is 8.29. The molecule has 0 spiro atoms. The van der Waals surface area contributed by atoms with Crippen molar-refractivity contribution in [1.29, 1.82) is 0 Å². The molecule has 2 aromatic carbocycles. The van der Waals surface area contributed by atoms with E-state index in [4.69, 9.17) is 4.74 Å². The molecule has 0 bridgehead atoms. The molecule has 0 fully saturated rings. The molecule has 5 nitrogen and oxygen atoms in total. The monoisotopic (exact) mass is 532 g/mol. The Hall–Kier alpha value is -1.29. The standard InChI is InChI=1S/C25H35N2O3P.Y/c1-8-31(9-2,15-22(28)26-24-17(3)11-10-12-18(24)4)16-23(29)27-25-19(5)13-21(30-7)14-20(25)6;/h10-14H,8-9,15-16H2,1-7H3,(H-,26,27,28,29);/p+1. The molecular formula is C25H36N2O3PY+. The summed E-state index contributed by atoms with van der Waals surface area (Å²) in [5, 5.41) is 6.20. The molecule has 171 valence electrons. The van der Waals surface area contributed by atoms with Crippen LogP contribution in [0.3, 0.4) is 0 Å². The molecule has 1 radical (unpaired) electrons. The van der Waals surface area contributed by atoms with Gasteiger partial charge in [0.05, 0.1) is 19.4 Å². The molecule has 0 aromatic heterocycles. The number of rotatable bonds is 9. The third kappa shape index (κ3) is 7.37. The Balaban J connectivity index is 0.00000512. The maximum Gasteiger partial charge on any atom is 0.261 e. The smallest absolute Gasteiger partial charge is 0.261 e. The molecule has 2 amide bonds. The molecule has 2 rings (SSSR count). The minimum Gasteiger partial charge on any atom is -0.497 e. The zero-order chi connectivity index (χ0) is 23.2. The Morgan fingerprint density at radius 1 is 0.812 bits per heavy atom. The van der Waals surface area contributed by atoms with Gasteiger partial charge in [-0.05, 0) is 75.9 Å². The number of para-hydroxylation sites is 1. The largest absolute Gasteiger partial charge is 0.497 e. The number of benzene rings is 2. The molecular weight excluding hydrogens is 496 g/mol. The van der Waals surface area contributed by atoms with Gasteiger partial charge in [-0.1, -0.05) is 18.2 Å². The van der Waals surface area contributed by atoms with Gasteiger partial charge in [-0.25, -0.2) is 0 Å². The first-order chi connectivity index (χ1) is 14.6. The van der Waals surface area contributed by atoms with Crippen LogP contribution in [-0.4, -0.2) is 43.6 Å². The number of ether oxygens (including phenoxy) is 1. The number of hydrogen-bond acceptors (Lipinski definition) is 3. The summed E-state index contributed by atoms with van der Waals surface area (Å²) < 4.78 is 5.31. The number of methoxy groups -OCH3 is 1. The quantitative estimate of drug-likeness (QED) is 0.416. The van der Waals surface area contributed by atoms with Gasteiger partial charge in [0.1, 0.15) is 18.1 Å². The van der Waals surface area contributed by atoms with Gasteiger partial charge < -0.3 is 15.4 Å². The number of nitrogens with one attached hydrogen (secondary N) is 2. The van der Waals surface area contributed by atoms with Crippen molar-refractivity contribution >= 4 is 30.5 Å². The molecule has 0 unspecified atom stereocenters. The van der Waals surface area contributed by atoms with E-state index in [9.17, 15) is 9.59 Å². The van der Waals surface area contributed by atoms with E-state index in [0.29, 0.717) is 12.3 Å². The van der Waals surface area contributed by atoms with Crippen LogP contribution in [0.4, 0.5) is 11.4 Å². The van der Waals surface area contributed by atoms with Gasteiger partial charge in [-0.3, -0.25) is 9.59 Å². The fourth-order valence-corrected chi connectivity index (χ4v) is 6.77. The van der Waals surface area contributed by atoms with Gasteiger partial charge >= 0.3 is 0 Å². The third-order valence-electron chi connectivity index (χ3n) is 6.05. The summed E-state index contributed by atoms with van der Waals surface area (Å²) in [7, 11) is -0.133. The van der Waals surface area contributed by atoms with Crippen LogP contribution in [-0.2, 0) is 42.3 Å². The van der Waals surface area contributed by atoms with E-state index < -0.39 is 7.26 Å². The predicted molar refractivity (Wildman–Crippen MR) is 133 cm³/mol. The summed E-state index contributed by atoms with van der Waals surface area (Å²) in [6, 6.07) is 9.82. The molecule has 0 aliphatic carbocycles. The average Bonchev–Trinajstić information content (AvgIpc) is 2.72. The Bertz CT molecular complexity index is 915. The van der Waals surface area contributed by atoms with Crippen LogP contribution in [0.15, 0.2) is 30.3 Å². The maximum absolute atomic E-state index is 13.0. The maximum atomic E-state index is 13.0. The van der Waals surface area contributed by atoms with Crippen molar-refractivity contribution in [2.75, 3.05) is 42.4 Å². The van der Waals surface area contributed by atoms with Crippen molar-refractivity contribution in [3.05, 3.63) is 52.6 Å².